The third-order valence-corrected chi connectivity index (χ3v) is 11.5. The summed E-state index contributed by atoms with van der Waals surface area (Å²) in [5, 5.41) is 5.89. The number of nitrogens with zero attached hydrogens (tertiary/aromatic N) is 6. The van der Waals surface area contributed by atoms with Crippen molar-refractivity contribution in [2.45, 2.75) is 154 Å². The van der Waals surface area contributed by atoms with Crippen LogP contribution in [0.3, 0.4) is 0 Å². The van der Waals surface area contributed by atoms with Crippen molar-refractivity contribution in [2.75, 3.05) is 33.9 Å². The van der Waals surface area contributed by atoms with Crippen molar-refractivity contribution in [3.8, 4) is 0 Å². The number of hydrogen-bond acceptors (Lipinski definition) is 15. The van der Waals surface area contributed by atoms with Crippen LogP contribution in [-0.4, -0.2) is 137 Å². The quantitative estimate of drug-likeness (QED) is 0.0446. The predicted molar refractivity (Wildman–Crippen MR) is 244 cm³/mol. The van der Waals surface area contributed by atoms with Gasteiger partial charge in [0.1, 0.15) is 30.4 Å². The van der Waals surface area contributed by atoms with E-state index in [9.17, 15) is 24.0 Å². The average molecular weight is 921 g/mol. The molecule has 3 aromatic rings. The maximum atomic E-state index is 13.0. The number of amides is 2. The Balaban J connectivity index is 1.04. The molecule has 2 fully saturated rings. The van der Waals surface area contributed by atoms with Crippen LogP contribution in [0.2, 0.25) is 0 Å². The summed E-state index contributed by atoms with van der Waals surface area (Å²) < 4.78 is 39.0. The molecule has 19 nitrogen and oxygen atoms in total. The fourth-order valence-corrected chi connectivity index (χ4v) is 8.09. The highest BCUT2D eigenvalue weighted by molar-refractivity contribution is 5.89. The molecule has 0 saturated carbocycles. The van der Waals surface area contributed by atoms with E-state index in [1.54, 1.807) is 46.4 Å². The minimum absolute atomic E-state index is 0.0453. The molecule has 0 radical (unpaired) electrons. The number of rotatable bonds is 26. The lowest BCUT2D eigenvalue weighted by Crippen LogP contribution is -2.62. The molecule has 2 N–H and O–H groups in total. The fraction of sp³-hybridized carbons (Fsp3) is 0.638. The van der Waals surface area contributed by atoms with Crippen molar-refractivity contribution < 1.29 is 52.4 Å². The van der Waals surface area contributed by atoms with E-state index >= 15 is 0 Å². The van der Waals surface area contributed by atoms with Gasteiger partial charge in [0, 0.05) is 59.5 Å². The molecule has 2 saturated heterocycles. The van der Waals surface area contributed by atoms with Gasteiger partial charge >= 0.3 is 11.9 Å². The van der Waals surface area contributed by atoms with E-state index in [0.29, 0.717) is 74.4 Å². The number of carbonyl (C=O) groups is 5. The van der Waals surface area contributed by atoms with Crippen LogP contribution >= 0.6 is 0 Å². The minimum Gasteiger partial charge on any atom is -0.456 e. The van der Waals surface area contributed by atoms with Crippen molar-refractivity contribution in [1.29, 1.82) is 0 Å². The predicted octanol–water partition coefficient (Wildman–Crippen LogP) is 5.39. The Hall–Kier alpha value is -5.37. The summed E-state index contributed by atoms with van der Waals surface area (Å²) in [5.41, 5.74) is 1.34. The van der Waals surface area contributed by atoms with Crippen LogP contribution in [0, 0.1) is 5.92 Å². The van der Waals surface area contributed by atoms with Crippen LogP contribution in [0.15, 0.2) is 48.0 Å². The molecule has 2 aliphatic heterocycles. The van der Waals surface area contributed by atoms with Gasteiger partial charge in [0.15, 0.2) is 35.6 Å². The third kappa shape index (κ3) is 14.8. The molecular formula is C47H68N8O11. The molecule has 2 aliphatic rings. The van der Waals surface area contributed by atoms with Gasteiger partial charge in [-0.15, -0.1) is 0 Å². The summed E-state index contributed by atoms with van der Waals surface area (Å²) in [6.07, 6.45) is 6.29. The SMILES string of the molecule is CC[C@H]1O[C@@H](OCCCCC(=O)NCCCCCCO[C@@H]2C(OC(=O)CCC(C)=O)[C@H](n3cnc4c(N=CN(C)C)ncnc43)O[C@@H]2CC)[C@H](NC(C)=O)[C@@H](OC(=O)c2ccccc2)[C@H]1C. The van der Waals surface area contributed by atoms with Crippen LogP contribution in [0.25, 0.3) is 11.2 Å². The second-order valence-electron chi connectivity index (χ2n) is 17.1. The molecule has 2 amide bonds. The number of Topliss-reactive ketones (excluding diaryl/α,β-unsaturated/α-hetero) is 1. The summed E-state index contributed by atoms with van der Waals surface area (Å²) in [7, 11) is 3.70. The molecule has 66 heavy (non-hydrogen) atoms. The number of carbonyl (C=O) groups excluding carboxylic acids is 5. The Labute approximate surface area is 387 Å². The number of benzene rings is 1. The molecule has 9 atom stereocenters. The van der Waals surface area contributed by atoms with Crippen molar-refractivity contribution in [2.24, 2.45) is 10.9 Å². The van der Waals surface area contributed by atoms with Crippen LogP contribution in [0.1, 0.15) is 122 Å². The van der Waals surface area contributed by atoms with Gasteiger partial charge in [-0.05, 0) is 57.6 Å². The number of aromatic nitrogens is 4. The van der Waals surface area contributed by atoms with Gasteiger partial charge in [-0.1, -0.05) is 51.8 Å². The van der Waals surface area contributed by atoms with Gasteiger partial charge in [-0.25, -0.2) is 24.7 Å². The molecular weight excluding hydrogens is 853 g/mol. The van der Waals surface area contributed by atoms with Gasteiger partial charge < -0.3 is 48.7 Å². The summed E-state index contributed by atoms with van der Waals surface area (Å²) in [4.78, 5) is 82.1. The molecule has 0 aliphatic carbocycles. The smallest absolute Gasteiger partial charge is 0.338 e. The zero-order chi connectivity index (χ0) is 47.6. The normalized spacial score (nSPS) is 24.0. The largest absolute Gasteiger partial charge is 0.456 e. The lowest BCUT2D eigenvalue weighted by molar-refractivity contribution is -0.249. The molecule has 0 bridgehead atoms. The number of ketones is 1. The maximum Gasteiger partial charge on any atom is 0.338 e. The van der Waals surface area contributed by atoms with Gasteiger partial charge in [-0.3, -0.25) is 19.0 Å². The Morgan fingerprint density at radius 1 is 0.818 bits per heavy atom. The van der Waals surface area contributed by atoms with E-state index in [1.165, 1.54) is 20.2 Å². The molecule has 4 heterocycles. The Kier molecular flexibility index (Phi) is 20.4. The third-order valence-electron chi connectivity index (χ3n) is 11.5. The van der Waals surface area contributed by atoms with Gasteiger partial charge in [0.05, 0.1) is 36.9 Å². The zero-order valence-electron chi connectivity index (χ0n) is 39.4. The molecule has 5 rings (SSSR count). The van der Waals surface area contributed by atoms with E-state index in [0.717, 1.165) is 25.7 Å². The van der Waals surface area contributed by atoms with Crippen LogP contribution in [-0.2, 0) is 47.6 Å². The molecule has 1 aromatic carbocycles. The summed E-state index contributed by atoms with van der Waals surface area (Å²) in [6.45, 7) is 9.98. The first-order valence-electron chi connectivity index (χ1n) is 23.2. The molecule has 0 spiro atoms. The number of unbranched alkanes of at least 4 members (excludes halogenated alkanes) is 4. The van der Waals surface area contributed by atoms with Gasteiger partial charge in [-0.2, -0.15) is 0 Å². The monoisotopic (exact) mass is 921 g/mol. The van der Waals surface area contributed by atoms with E-state index in [1.807, 2.05) is 40.9 Å². The summed E-state index contributed by atoms with van der Waals surface area (Å²) in [5.74, 6) is -1.27. The summed E-state index contributed by atoms with van der Waals surface area (Å²) in [6, 6.07) is 8.01. The van der Waals surface area contributed by atoms with E-state index in [2.05, 4.69) is 30.6 Å². The summed E-state index contributed by atoms with van der Waals surface area (Å²) >= 11 is 0. The highest BCUT2D eigenvalue weighted by atomic mass is 16.7. The van der Waals surface area contributed by atoms with E-state index in [-0.39, 0.29) is 42.5 Å². The molecule has 362 valence electrons. The topological polar surface area (TPSA) is 224 Å². The van der Waals surface area contributed by atoms with Crippen LogP contribution < -0.4 is 10.6 Å². The van der Waals surface area contributed by atoms with E-state index in [4.69, 9.17) is 28.4 Å². The second-order valence-corrected chi connectivity index (χ2v) is 17.1. The highest BCUT2D eigenvalue weighted by Gasteiger charge is 2.49. The number of esters is 2. The first-order valence-corrected chi connectivity index (χ1v) is 23.2. The minimum atomic E-state index is -0.833. The fourth-order valence-electron chi connectivity index (χ4n) is 8.09. The first-order chi connectivity index (χ1) is 31.8. The number of hydrogen-bond donors (Lipinski definition) is 2. The zero-order valence-corrected chi connectivity index (χ0v) is 39.4. The number of ether oxygens (including phenoxy) is 6. The number of nitrogens with one attached hydrogen (secondary N) is 2. The number of fused-ring (bicyclic) bond motifs is 1. The Bertz CT molecular complexity index is 2070. The standard InChI is InChI=1S/C47H68N8O11/c1-8-34-31(4)40(66-46(60)33-19-13-12-14-20-33)38(53-32(5)57)47(64-34)62-26-18-15-21-36(58)48-24-16-10-11-17-25-61-41-35(9-2)63-45(42(41)65-37(59)23-22-30(3)56)55-29-51-39-43(52-28-54(6)7)49-27-50-44(39)55/h12-14,19-20,27-29,31,34-35,38,40-42,45,47H,8-11,15-18,21-26H2,1-7H3,(H,48,58)(H,53,57)/t31-,34+,35+,38+,40-,41-,42?,45+,47+/m0/s1. The second kappa shape index (κ2) is 26.1. The molecule has 1 unspecified atom stereocenters. The highest BCUT2D eigenvalue weighted by Crippen LogP contribution is 2.38. The van der Waals surface area contributed by atoms with Crippen molar-refractivity contribution in [1.82, 2.24) is 35.1 Å². The Morgan fingerprint density at radius 2 is 1.55 bits per heavy atom. The number of aliphatic imine (C=N–C) groups is 1. The van der Waals surface area contributed by atoms with Gasteiger partial charge in [0.2, 0.25) is 11.8 Å². The van der Waals surface area contributed by atoms with Gasteiger partial charge in [0.25, 0.3) is 0 Å². The van der Waals surface area contributed by atoms with Crippen molar-refractivity contribution in [3.05, 3.63) is 48.5 Å². The lowest BCUT2D eigenvalue weighted by atomic mass is 9.87. The maximum absolute atomic E-state index is 13.0. The Morgan fingerprint density at radius 3 is 2.26 bits per heavy atom. The first kappa shape index (κ1) is 51.6. The van der Waals surface area contributed by atoms with Crippen LogP contribution in [0.4, 0.5) is 5.82 Å². The number of imidazole rings is 1. The van der Waals surface area contributed by atoms with E-state index < -0.39 is 54.9 Å². The average Bonchev–Trinajstić information content (AvgIpc) is 3.88. The molecule has 19 heteroatoms. The lowest BCUT2D eigenvalue weighted by Gasteiger charge is -2.45. The van der Waals surface area contributed by atoms with Crippen LogP contribution in [0.5, 0.6) is 0 Å². The van der Waals surface area contributed by atoms with Crippen molar-refractivity contribution in [3.63, 3.8) is 0 Å². The van der Waals surface area contributed by atoms with Crippen molar-refractivity contribution >= 4 is 52.9 Å². The molecule has 2 aromatic heterocycles.